The number of aromatic nitrogens is 1. The van der Waals surface area contributed by atoms with Crippen LogP contribution in [-0.4, -0.2) is 21.0 Å². The summed E-state index contributed by atoms with van der Waals surface area (Å²) in [6.45, 7) is 1.55. The van der Waals surface area contributed by atoms with Crippen LogP contribution in [0.1, 0.15) is 11.3 Å². The van der Waals surface area contributed by atoms with Gasteiger partial charge >= 0.3 is 5.97 Å². The van der Waals surface area contributed by atoms with Crippen LogP contribution in [0.3, 0.4) is 0 Å². The van der Waals surface area contributed by atoms with Crippen molar-refractivity contribution in [1.29, 1.82) is 0 Å². The van der Waals surface area contributed by atoms with E-state index in [9.17, 15) is 14.9 Å². The molecule has 0 fully saturated rings. The maximum atomic E-state index is 10.4. The van der Waals surface area contributed by atoms with E-state index in [1.54, 1.807) is 6.92 Å². The Balaban J connectivity index is 3.00. The monoisotopic (exact) mass is 196 g/mol. The average Bonchev–Trinajstić information content (AvgIpc) is 2.01. The number of rotatable bonds is 3. The van der Waals surface area contributed by atoms with Crippen molar-refractivity contribution in [2.24, 2.45) is 0 Å². The van der Waals surface area contributed by atoms with Crippen LogP contribution in [0.2, 0.25) is 0 Å². The first-order valence-electron chi connectivity index (χ1n) is 3.82. The van der Waals surface area contributed by atoms with E-state index in [0.29, 0.717) is 11.3 Å². The van der Waals surface area contributed by atoms with Crippen molar-refractivity contribution in [1.82, 2.24) is 4.98 Å². The molecular weight excluding hydrogens is 188 g/mol. The largest absolute Gasteiger partial charge is 0.481 e. The van der Waals surface area contributed by atoms with E-state index in [1.807, 2.05) is 0 Å². The summed E-state index contributed by atoms with van der Waals surface area (Å²) in [5, 5.41) is 18.9. The summed E-state index contributed by atoms with van der Waals surface area (Å²) in [4.78, 5) is 23.9. The van der Waals surface area contributed by atoms with Gasteiger partial charge in [-0.1, -0.05) is 0 Å². The Morgan fingerprint density at radius 3 is 2.79 bits per heavy atom. The maximum Gasteiger partial charge on any atom is 0.309 e. The quantitative estimate of drug-likeness (QED) is 0.573. The van der Waals surface area contributed by atoms with E-state index >= 15 is 0 Å². The predicted octanol–water partition coefficient (Wildman–Crippen LogP) is 0.925. The Labute approximate surface area is 79.4 Å². The number of hydrogen-bond acceptors (Lipinski definition) is 4. The van der Waals surface area contributed by atoms with E-state index in [2.05, 4.69) is 4.98 Å². The Bertz CT molecular complexity index is 389. The number of carbonyl (C=O) groups is 1. The molecule has 6 heteroatoms. The molecule has 1 N–H and O–H groups in total. The predicted molar refractivity (Wildman–Crippen MR) is 47.0 cm³/mol. The lowest BCUT2D eigenvalue weighted by Gasteiger charge is -1.99. The highest BCUT2D eigenvalue weighted by atomic mass is 16.6. The van der Waals surface area contributed by atoms with Crippen molar-refractivity contribution >= 4 is 11.7 Å². The molecule has 1 aromatic heterocycles. The zero-order valence-corrected chi connectivity index (χ0v) is 7.43. The Morgan fingerprint density at radius 1 is 1.71 bits per heavy atom. The second kappa shape index (κ2) is 3.82. The van der Waals surface area contributed by atoms with Crippen LogP contribution in [0.25, 0.3) is 0 Å². The number of nitro groups is 1. The SMILES string of the molecule is Cc1cc(CC(=O)O)ncc1[N+](=O)[O-]. The molecule has 0 radical (unpaired) electrons. The van der Waals surface area contributed by atoms with Gasteiger partial charge in [0.2, 0.25) is 0 Å². The molecule has 0 spiro atoms. The molecule has 1 heterocycles. The van der Waals surface area contributed by atoms with Crippen LogP contribution in [0.4, 0.5) is 5.69 Å². The van der Waals surface area contributed by atoms with Crippen LogP contribution in [0.15, 0.2) is 12.3 Å². The van der Waals surface area contributed by atoms with Crippen molar-refractivity contribution in [2.75, 3.05) is 0 Å². The third kappa shape index (κ3) is 2.25. The molecule has 14 heavy (non-hydrogen) atoms. The number of hydrogen-bond donors (Lipinski definition) is 1. The topological polar surface area (TPSA) is 93.3 Å². The second-order valence-corrected chi connectivity index (χ2v) is 2.79. The highest BCUT2D eigenvalue weighted by molar-refractivity contribution is 5.69. The molecule has 74 valence electrons. The van der Waals surface area contributed by atoms with Gasteiger partial charge in [0.15, 0.2) is 0 Å². The molecule has 0 aliphatic carbocycles. The van der Waals surface area contributed by atoms with Crippen molar-refractivity contribution in [3.05, 3.63) is 33.6 Å². The van der Waals surface area contributed by atoms with Crippen molar-refractivity contribution in [2.45, 2.75) is 13.3 Å². The van der Waals surface area contributed by atoms with Crippen LogP contribution >= 0.6 is 0 Å². The molecule has 0 aliphatic heterocycles. The first kappa shape index (κ1) is 10.1. The van der Waals surface area contributed by atoms with Crippen LogP contribution in [0, 0.1) is 17.0 Å². The second-order valence-electron chi connectivity index (χ2n) is 2.79. The van der Waals surface area contributed by atoms with Crippen molar-refractivity contribution in [3.63, 3.8) is 0 Å². The summed E-state index contributed by atoms with van der Waals surface area (Å²) < 4.78 is 0. The number of aliphatic carboxylic acids is 1. The van der Waals surface area contributed by atoms with Crippen LogP contribution in [-0.2, 0) is 11.2 Å². The third-order valence-corrected chi connectivity index (χ3v) is 1.67. The molecule has 6 nitrogen and oxygen atoms in total. The highest BCUT2D eigenvalue weighted by Crippen LogP contribution is 2.16. The fraction of sp³-hybridized carbons (Fsp3) is 0.250. The molecule has 0 aliphatic rings. The van der Waals surface area contributed by atoms with Gasteiger partial charge < -0.3 is 5.11 Å². The van der Waals surface area contributed by atoms with E-state index in [0.717, 1.165) is 6.20 Å². The minimum absolute atomic E-state index is 0.0980. The fourth-order valence-corrected chi connectivity index (χ4v) is 1.05. The Morgan fingerprint density at radius 2 is 2.36 bits per heavy atom. The van der Waals surface area contributed by atoms with Crippen LogP contribution in [0.5, 0.6) is 0 Å². The Hall–Kier alpha value is -1.98. The molecule has 0 aromatic carbocycles. The van der Waals surface area contributed by atoms with Gasteiger partial charge in [-0.25, -0.2) is 0 Å². The summed E-state index contributed by atoms with van der Waals surface area (Å²) in [6.07, 6.45) is 0.854. The third-order valence-electron chi connectivity index (χ3n) is 1.67. The smallest absolute Gasteiger partial charge is 0.309 e. The standard InChI is InChI=1S/C8H8N2O4/c1-5-2-6(3-8(11)12)9-4-7(5)10(13)14/h2,4H,3H2,1H3,(H,11,12). The van der Waals surface area contributed by atoms with Crippen LogP contribution < -0.4 is 0 Å². The summed E-state index contributed by atoms with van der Waals surface area (Å²) in [7, 11) is 0. The Kier molecular flexibility index (Phi) is 2.76. The molecular formula is C8H8N2O4. The lowest BCUT2D eigenvalue weighted by atomic mass is 10.2. The lowest BCUT2D eigenvalue weighted by Crippen LogP contribution is -2.03. The number of pyridine rings is 1. The number of carboxylic acid groups (broad SMARTS) is 1. The summed E-state index contributed by atoms with van der Waals surface area (Å²) in [5.74, 6) is -1.01. The lowest BCUT2D eigenvalue weighted by molar-refractivity contribution is -0.385. The molecule has 0 amide bonds. The first-order valence-corrected chi connectivity index (χ1v) is 3.82. The van der Waals surface area contributed by atoms with Crippen molar-refractivity contribution in [3.8, 4) is 0 Å². The first-order chi connectivity index (χ1) is 6.50. The van der Waals surface area contributed by atoms with E-state index in [4.69, 9.17) is 5.11 Å². The number of nitrogens with zero attached hydrogens (tertiary/aromatic N) is 2. The molecule has 0 saturated carbocycles. The van der Waals surface area contributed by atoms with Gasteiger partial charge in [0.1, 0.15) is 6.20 Å². The van der Waals surface area contributed by atoms with E-state index < -0.39 is 10.9 Å². The van der Waals surface area contributed by atoms with Gasteiger partial charge in [-0.2, -0.15) is 0 Å². The summed E-state index contributed by atoms with van der Waals surface area (Å²) in [5.41, 5.74) is 0.640. The maximum absolute atomic E-state index is 10.4. The molecule has 0 bridgehead atoms. The number of aryl methyl sites for hydroxylation is 1. The highest BCUT2D eigenvalue weighted by Gasteiger charge is 2.12. The van der Waals surface area contributed by atoms with Gasteiger partial charge in [0, 0.05) is 5.56 Å². The molecule has 1 rings (SSSR count). The zero-order valence-electron chi connectivity index (χ0n) is 7.43. The fourth-order valence-electron chi connectivity index (χ4n) is 1.05. The van der Waals surface area contributed by atoms with Gasteiger partial charge in [0.25, 0.3) is 5.69 Å². The van der Waals surface area contributed by atoms with Gasteiger partial charge in [-0.3, -0.25) is 19.9 Å². The van der Waals surface area contributed by atoms with E-state index in [-0.39, 0.29) is 12.1 Å². The van der Waals surface area contributed by atoms with E-state index in [1.165, 1.54) is 6.07 Å². The molecule has 0 saturated heterocycles. The number of carboxylic acids is 1. The molecule has 0 unspecified atom stereocenters. The minimum Gasteiger partial charge on any atom is -0.481 e. The van der Waals surface area contributed by atoms with Gasteiger partial charge in [-0.15, -0.1) is 0 Å². The van der Waals surface area contributed by atoms with Gasteiger partial charge in [-0.05, 0) is 13.0 Å². The summed E-state index contributed by atoms with van der Waals surface area (Å²) in [6, 6.07) is 1.41. The van der Waals surface area contributed by atoms with Gasteiger partial charge in [0.05, 0.1) is 17.0 Å². The summed E-state index contributed by atoms with van der Waals surface area (Å²) >= 11 is 0. The average molecular weight is 196 g/mol. The molecule has 1 aromatic rings. The van der Waals surface area contributed by atoms with Crippen molar-refractivity contribution < 1.29 is 14.8 Å². The zero-order chi connectivity index (χ0) is 10.7. The molecule has 0 atom stereocenters. The minimum atomic E-state index is -1.01. The normalized spacial score (nSPS) is 9.79.